The fourth-order valence-corrected chi connectivity index (χ4v) is 2.48. The Morgan fingerprint density at radius 2 is 1.66 bits per heavy atom. The molecule has 0 aliphatic rings. The van der Waals surface area contributed by atoms with Crippen molar-refractivity contribution in [2.24, 2.45) is 0 Å². The van der Waals surface area contributed by atoms with E-state index >= 15 is 0 Å². The van der Waals surface area contributed by atoms with Gasteiger partial charge in [-0.05, 0) is 29.8 Å². The average molecular weight is 403 g/mol. The van der Waals surface area contributed by atoms with Crippen molar-refractivity contribution in [1.82, 2.24) is 25.6 Å². The molecular weight excluding hydrogens is 387 g/mol. The summed E-state index contributed by atoms with van der Waals surface area (Å²) in [6.45, 7) is 0.157. The van der Waals surface area contributed by atoms with E-state index in [9.17, 15) is 22.8 Å². The Kier molecular flexibility index (Phi) is 5.91. The Labute approximate surface area is 163 Å². The van der Waals surface area contributed by atoms with Gasteiger partial charge in [0.05, 0.1) is 24.1 Å². The second-order valence-corrected chi connectivity index (χ2v) is 6.01. The number of aromatic nitrogens is 3. The molecule has 2 aromatic heterocycles. The van der Waals surface area contributed by atoms with Crippen LogP contribution in [0.2, 0.25) is 0 Å². The van der Waals surface area contributed by atoms with Crippen LogP contribution in [-0.2, 0) is 19.3 Å². The molecule has 2 heterocycles. The zero-order valence-electron chi connectivity index (χ0n) is 15.0. The number of imidazole rings is 1. The Hall–Kier alpha value is -3.69. The Balaban J connectivity index is 1.59. The molecule has 0 atom stereocenters. The van der Waals surface area contributed by atoms with Gasteiger partial charge in [-0.1, -0.05) is 18.2 Å². The number of halogens is 3. The lowest BCUT2D eigenvalue weighted by Crippen LogP contribution is -2.29. The van der Waals surface area contributed by atoms with E-state index in [2.05, 4.69) is 25.6 Å². The third-order valence-electron chi connectivity index (χ3n) is 3.97. The second kappa shape index (κ2) is 8.55. The van der Waals surface area contributed by atoms with E-state index in [1.165, 1.54) is 18.5 Å². The van der Waals surface area contributed by atoms with E-state index in [1.54, 1.807) is 24.4 Å². The van der Waals surface area contributed by atoms with Gasteiger partial charge in [0.1, 0.15) is 5.69 Å². The van der Waals surface area contributed by atoms with Crippen LogP contribution in [0.1, 0.15) is 37.8 Å². The predicted molar refractivity (Wildman–Crippen MR) is 96.6 cm³/mol. The van der Waals surface area contributed by atoms with Crippen LogP contribution < -0.4 is 10.6 Å². The number of rotatable bonds is 6. The lowest BCUT2D eigenvalue weighted by molar-refractivity contribution is -0.137. The molecular formula is C19H16F3N5O2. The van der Waals surface area contributed by atoms with Gasteiger partial charge in [-0.25, -0.2) is 4.98 Å². The van der Waals surface area contributed by atoms with Crippen LogP contribution >= 0.6 is 0 Å². The van der Waals surface area contributed by atoms with Crippen molar-refractivity contribution < 1.29 is 22.8 Å². The molecule has 2 amide bonds. The van der Waals surface area contributed by atoms with Crippen molar-refractivity contribution in [1.29, 1.82) is 0 Å². The lowest BCUT2D eigenvalue weighted by atomic mass is 10.1. The quantitative estimate of drug-likeness (QED) is 0.589. The molecule has 0 aliphatic heterocycles. The summed E-state index contributed by atoms with van der Waals surface area (Å²) in [6, 6.07) is 9.69. The lowest BCUT2D eigenvalue weighted by Gasteiger charge is -2.09. The number of hydrogen-bond donors (Lipinski definition) is 3. The van der Waals surface area contributed by atoms with Crippen molar-refractivity contribution in [2.45, 2.75) is 19.3 Å². The van der Waals surface area contributed by atoms with E-state index in [-0.39, 0.29) is 24.5 Å². The summed E-state index contributed by atoms with van der Waals surface area (Å²) in [4.78, 5) is 35.2. The minimum Gasteiger partial charge on any atom is -0.347 e. The Morgan fingerprint density at radius 1 is 0.931 bits per heavy atom. The van der Waals surface area contributed by atoms with Gasteiger partial charge in [-0.3, -0.25) is 14.6 Å². The zero-order valence-corrected chi connectivity index (χ0v) is 15.0. The Bertz CT molecular complexity index is 985. The molecule has 0 saturated heterocycles. The minimum atomic E-state index is -4.42. The van der Waals surface area contributed by atoms with Crippen LogP contribution in [0.5, 0.6) is 0 Å². The van der Waals surface area contributed by atoms with Crippen LogP contribution in [0.25, 0.3) is 0 Å². The van der Waals surface area contributed by atoms with Gasteiger partial charge >= 0.3 is 6.18 Å². The highest BCUT2D eigenvalue weighted by molar-refractivity contribution is 6.04. The third-order valence-corrected chi connectivity index (χ3v) is 3.97. The van der Waals surface area contributed by atoms with Crippen LogP contribution in [0.4, 0.5) is 13.2 Å². The Morgan fingerprint density at radius 3 is 2.31 bits per heavy atom. The van der Waals surface area contributed by atoms with Crippen LogP contribution in [0, 0.1) is 0 Å². The molecule has 0 radical (unpaired) electrons. The molecule has 0 spiro atoms. The van der Waals surface area contributed by atoms with Crippen molar-refractivity contribution in [3.63, 3.8) is 0 Å². The summed E-state index contributed by atoms with van der Waals surface area (Å²) in [6.07, 6.45) is -1.62. The normalized spacial score (nSPS) is 11.1. The molecule has 0 unspecified atom stereocenters. The number of alkyl halides is 3. The van der Waals surface area contributed by atoms with Crippen LogP contribution in [0.3, 0.4) is 0 Å². The zero-order chi connectivity index (χ0) is 20.9. The van der Waals surface area contributed by atoms with E-state index in [0.717, 1.165) is 12.1 Å². The monoisotopic (exact) mass is 403 g/mol. The summed E-state index contributed by atoms with van der Waals surface area (Å²) in [5, 5.41) is 5.17. The molecule has 10 heteroatoms. The first-order chi connectivity index (χ1) is 13.8. The number of aromatic amines is 1. The highest BCUT2D eigenvalue weighted by Crippen LogP contribution is 2.29. The van der Waals surface area contributed by atoms with Gasteiger partial charge < -0.3 is 15.6 Å². The van der Waals surface area contributed by atoms with E-state index in [0.29, 0.717) is 11.3 Å². The molecule has 0 aliphatic carbocycles. The van der Waals surface area contributed by atoms with Crippen molar-refractivity contribution in [2.75, 3.05) is 0 Å². The number of carbonyl (C=O) groups is 2. The van der Waals surface area contributed by atoms with Gasteiger partial charge in [0, 0.05) is 12.7 Å². The molecule has 150 valence electrons. The van der Waals surface area contributed by atoms with Crippen LogP contribution in [-0.4, -0.2) is 26.8 Å². The van der Waals surface area contributed by atoms with Crippen molar-refractivity contribution in [3.05, 3.63) is 83.2 Å². The summed E-state index contributed by atoms with van der Waals surface area (Å²) >= 11 is 0. The van der Waals surface area contributed by atoms with Crippen molar-refractivity contribution in [3.8, 4) is 0 Å². The first kappa shape index (κ1) is 20.1. The van der Waals surface area contributed by atoms with Gasteiger partial charge in [-0.15, -0.1) is 0 Å². The largest absolute Gasteiger partial charge is 0.416 e. The molecule has 0 bridgehead atoms. The molecule has 3 rings (SSSR count). The highest BCUT2D eigenvalue weighted by Gasteiger charge is 2.30. The first-order valence-electron chi connectivity index (χ1n) is 8.50. The summed E-state index contributed by atoms with van der Waals surface area (Å²) in [5.74, 6) is -1.16. The predicted octanol–water partition coefficient (Wildman–Crippen LogP) is 2.68. The van der Waals surface area contributed by atoms with Gasteiger partial charge in [0.25, 0.3) is 11.8 Å². The van der Waals surface area contributed by atoms with Gasteiger partial charge in [0.15, 0.2) is 5.69 Å². The fourth-order valence-electron chi connectivity index (χ4n) is 2.48. The third kappa shape index (κ3) is 5.18. The number of nitrogens with one attached hydrogen (secondary N) is 3. The molecule has 7 nitrogen and oxygen atoms in total. The van der Waals surface area contributed by atoms with E-state index in [4.69, 9.17) is 0 Å². The van der Waals surface area contributed by atoms with Crippen molar-refractivity contribution >= 4 is 11.8 Å². The number of amides is 2. The first-order valence-corrected chi connectivity index (χ1v) is 8.50. The number of hydrogen-bond acceptors (Lipinski definition) is 4. The number of benzene rings is 1. The maximum Gasteiger partial charge on any atom is 0.416 e. The molecule has 0 saturated carbocycles. The SMILES string of the molecule is O=C(NCc1ccccn1)c1nc[nH]c1C(=O)NCc1ccc(C(F)(F)F)cc1. The topological polar surface area (TPSA) is 99.8 Å². The number of nitrogens with zero attached hydrogens (tertiary/aromatic N) is 2. The molecule has 3 aromatic rings. The smallest absolute Gasteiger partial charge is 0.347 e. The van der Waals surface area contributed by atoms with Crippen LogP contribution in [0.15, 0.2) is 55.0 Å². The highest BCUT2D eigenvalue weighted by atomic mass is 19.4. The maximum atomic E-state index is 12.6. The van der Waals surface area contributed by atoms with Gasteiger partial charge in [-0.2, -0.15) is 13.2 Å². The molecule has 1 aromatic carbocycles. The standard InChI is InChI=1S/C19H16F3N5O2/c20-19(21,22)13-6-4-12(5-7-13)9-24-17(28)15-16(27-11-26-15)18(29)25-10-14-3-1-2-8-23-14/h1-8,11H,9-10H2,(H,24,28)(H,25,29)(H,26,27). The second-order valence-electron chi connectivity index (χ2n) is 6.01. The summed E-state index contributed by atoms with van der Waals surface area (Å²) in [5.41, 5.74) is 0.214. The van der Waals surface area contributed by atoms with E-state index in [1.807, 2.05) is 0 Å². The number of carbonyl (C=O) groups excluding carboxylic acids is 2. The molecule has 3 N–H and O–H groups in total. The average Bonchev–Trinajstić information content (AvgIpc) is 3.21. The molecule has 29 heavy (non-hydrogen) atoms. The maximum absolute atomic E-state index is 12.6. The summed E-state index contributed by atoms with van der Waals surface area (Å²) in [7, 11) is 0. The molecule has 0 fully saturated rings. The van der Waals surface area contributed by atoms with Gasteiger partial charge in [0.2, 0.25) is 0 Å². The minimum absolute atomic E-state index is 0.00894. The summed E-state index contributed by atoms with van der Waals surface area (Å²) < 4.78 is 37.8. The fraction of sp³-hybridized carbons (Fsp3) is 0.158. The number of pyridine rings is 1. The number of H-pyrrole nitrogens is 1. The van der Waals surface area contributed by atoms with E-state index < -0.39 is 23.6 Å².